The molecule has 1 amide bonds. The van der Waals surface area contributed by atoms with Crippen molar-refractivity contribution in [1.29, 1.82) is 0 Å². The lowest BCUT2D eigenvalue weighted by Gasteiger charge is -2.21. The third-order valence-electron chi connectivity index (χ3n) is 5.79. The number of carbonyl (C=O) groups excluding carboxylic acids is 1. The van der Waals surface area contributed by atoms with Gasteiger partial charge in [0.25, 0.3) is 0 Å². The van der Waals surface area contributed by atoms with Gasteiger partial charge in [0.2, 0.25) is 5.91 Å². The number of hydrogen-bond acceptors (Lipinski definition) is 5. The first kappa shape index (κ1) is 25.1. The zero-order chi connectivity index (χ0) is 24.6. The highest BCUT2D eigenvalue weighted by molar-refractivity contribution is 7.98. The van der Waals surface area contributed by atoms with E-state index in [1.807, 2.05) is 18.2 Å². The van der Waals surface area contributed by atoms with Crippen molar-refractivity contribution in [2.45, 2.75) is 50.6 Å². The quantitative estimate of drug-likeness (QED) is 0.182. The average molecular weight is 508 g/mol. The summed E-state index contributed by atoms with van der Waals surface area (Å²) in [5, 5.41) is 10.7. The molecule has 3 N–H and O–H groups in total. The number of halogens is 1. The maximum atomic E-state index is 13.4. The molecule has 1 aromatic heterocycles. The number of rotatable bonds is 11. The van der Waals surface area contributed by atoms with E-state index in [2.05, 4.69) is 58.8 Å². The lowest BCUT2D eigenvalue weighted by atomic mass is 10.1. The fourth-order valence-corrected chi connectivity index (χ4v) is 5.80. The molecule has 1 unspecified atom stereocenters. The maximum absolute atomic E-state index is 13.4. The van der Waals surface area contributed by atoms with Gasteiger partial charge in [-0.25, -0.2) is 4.39 Å². The zero-order valence-corrected chi connectivity index (χ0v) is 21.6. The molecule has 1 heterocycles. The summed E-state index contributed by atoms with van der Waals surface area (Å²) in [6.07, 6.45) is 2.15. The van der Waals surface area contributed by atoms with Crippen LogP contribution in [0.4, 0.5) is 15.8 Å². The minimum absolute atomic E-state index is 0.0136. The van der Waals surface area contributed by atoms with Gasteiger partial charge < -0.3 is 10.6 Å². The summed E-state index contributed by atoms with van der Waals surface area (Å²) in [7, 11) is 0. The Hall–Kier alpha value is -3.03. The molecule has 182 valence electrons. The van der Waals surface area contributed by atoms with Crippen molar-refractivity contribution in [3.63, 3.8) is 0 Å². The summed E-state index contributed by atoms with van der Waals surface area (Å²) in [6.45, 7) is 5.00. The molecular formula is C28H30FN3OS2. The molecule has 0 saturated carbocycles. The normalized spacial score (nSPS) is 11.9. The van der Waals surface area contributed by atoms with Gasteiger partial charge in [0.05, 0.1) is 11.4 Å². The van der Waals surface area contributed by atoms with Gasteiger partial charge in [-0.3, -0.25) is 9.52 Å². The van der Waals surface area contributed by atoms with Crippen LogP contribution in [0.2, 0.25) is 0 Å². The average Bonchev–Trinajstić information content (AvgIpc) is 3.27. The second kappa shape index (κ2) is 12.1. The summed E-state index contributed by atoms with van der Waals surface area (Å²) in [5.41, 5.74) is 4.57. The molecule has 0 fully saturated rings. The first-order valence-corrected chi connectivity index (χ1v) is 13.5. The fraction of sp³-hybridized carbons (Fsp3) is 0.250. The Morgan fingerprint density at radius 3 is 2.66 bits per heavy atom. The van der Waals surface area contributed by atoms with Gasteiger partial charge in [-0.2, -0.15) is 0 Å². The van der Waals surface area contributed by atoms with E-state index < -0.39 is 0 Å². The molecule has 35 heavy (non-hydrogen) atoms. The topological polar surface area (TPSA) is 53.2 Å². The number of anilines is 2. The number of hydrogen-bond donors (Lipinski definition) is 3. The van der Waals surface area contributed by atoms with E-state index in [1.165, 1.54) is 33.3 Å². The van der Waals surface area contributed by atoms with E-state index in [-0.39, 0.29) is 17.8 Å². The van der Waals surface area contributed by atoms with E-state index in [0.29, 0.717) is 11.3 Å². The number of benzene rings is 3. The van der Waals surface area contributed by atoms with Gasteiger partial charge in [-0.1, -0.05) is 43.7 Å². The van der Waals surface area contributed by atoms with Crippen LogP contribution in [-0.4, -0.2) is 11.9 Å². The molecule has 0 bridgehead atoms. The number of amides is 1. The molecule has 0 saturated heterocycles. The Morgan fingerprint density at radius 2 is 1.86 bits per heavy atom. The molecule has 0 radical (unpaired) electrons. The van der Waals surface area contributed by atoms with Crippen molar-refractivity contribution < 1.29 is 9.18 Å². The molecule has 0 aliphatic heterocycles. The Balaban J connectivity index is 1.39. The van der Waals surface area contributed by atoms with Crippen molar-refractivity contribution in [1.82, 2.24) is 4.72 Å². The number of nitrogens with one attached hydrogen (secondary N) is 3. The Labute approximate surface area is 214 Å². The van der Waals surface area contributed by atoms with Gasteiger partial charge in [0.1, 0.15) is 5.82 Å². The van der Waals surface area contributed by atoms with E-state index in [4.69, 9.17) is 0 Å². The Morgan fingerprint density at radius 1 is 1.06 bits per heavy atom. The third kappa shape index (κ3) is 6.77. The van der Waals surface area contributed by atoms with Crippen LogP contribution in [0.3, 0.4) is 0 Å². The summed E-state index contributed by atoms with van der Waals surface area (Å²) in [6, 6.07) is 20.7. The van der Waals surface area contributed by atoms with Crippen molar-refractivity contribution in [2.75, 3.05) is 10.6 Å². The van der Waals surface area contributed by atoms with Crippen LogP contribution in [0.1, 0.15) is 37.3 Å². The molecule has 4 aromatic rings. The van der Waals surface area contributed by atoms with Crippen LogP contribution in [0, 0.1) is 12.7 Å². The van der Waals surface area contributed by atoms with Crippen molar-refractivity contribution >= 4 is 50.7 Å². The number of fused-ring (bicyclic) bond motifs is 1. The predicted octanol–water partition coefficient (Wildman–Crippen LogP) is 7.76. The second-order valence-corrected chi connectivity index (χ2v) is 10.3. The first-order chi connectivity index (χ1) is 17.0. The molecule has 0 aliphatic rings. The second-order valence-electron chi connectivity index (χ2n) is 8.53. The molecule has 1 atom stereocenters. The summed E-state index contributed by atoms with van der Waals surface area (Å²) in [5.74, 6) is -0.402. The van der Waals surface area contributed by atoms with Gasteiger partial charge in [-0.05, 0) is 78.2 Å². The largest absolute Gasteiger partial charge is 0.380 e. The maximum Gasteiger partial charge on any atom is 0.232 e. The van der Waals surface area contributed by atoms with Gasteiger partial charge >= 0.3 is 0 Å². The highest BCUT2D eigenvalue weighted by Crippen LogP contribution is 2.31. The van der Waals surface area contributed by atoms with E-state index in [1.54, 1.807) is 23.5 Å². The van der Waals surface area contributed by atoms with Crippen molar-refractivity contribution in [3.05, 3.63) is 89.1 Å². The van der Waals surface area contributed by atoms with Crippen LogP contribution >= 0.6 is 23.3 Å². The van der Waals surface area contributed by atoms with Crippen molar-refractivity contribution in [2.24, 2.45) is 0 Å². The predicted molar refractivity (Wildman–Crippen MR) is 148 cm³/mol. The summed E-state index contributed by atoms with van der Waals surface area (Å²) < 4.78 is 17.5. The number of carbonyl (C=O) groups is 1. The Bertz CT molecular complexity index is 1290. The first-order valence-electron chi connectivity index (χ1n) is 11.8. The fourth-order valence-electron chi connectivity index (χ4n) is 4.13. The van der Waals surface area contributed by atoms with Gasteiger partial charge in [0, 0.05) is 34.0 Å². The van der Waals surface area contributed by atoms with E-state index in [9.17, 15) is 9.18 Å². The molecule has 3 aromatic carbocycles. The van der Waals surface area contributed by atoms with Gasteiger partial charge in [0.15, 0.2) is 0 Å². The van der Waals surface area contributed by atoms with E-state index >= 15 is 0 Å². The molecule has 4 nitrogen and oxygen atoms in total. The Kier molecular flexibility index (Phi) is 8.66. The van der Waals surface area contributed by atoms with Crippen LogP contribution in [0.15, 0.2) is 77.0 Å². The SMILES string of the molecule is CCCC(CC(=O)NSc1cccc(F)c1)Nc1ccccc1NCc1csc2cccc(C)c12. The summed E-state index contributed by atoms with van der Waals surface area (Å²) in [4.78, 5) is 13.3. The van der Waals surface area contributed by atoms with Crippen LogP contribution < -0.4 is 15.4 Å². The molecular weight excluding hydrogens is 477 g/mol. The smallest absolute Gasteiger partial charge is 0.232 e. The van der Waals surface area contributed by atoms with Gasteiger partial charge in [-0.15, -0.1) is 11.3 Å². The third-order valence-corrected chi connectivity index (χ3v) is 7.60. The molecule has 0 spiro atoms. The van der Waals surface area contributed by atoms with Crippen LogP contribution in [0.5, 0.6) is 0 Å². The van der Waals surface area contributed by atoms with Crippen LogP contribution in [-0.2, 0) is 11.3 Å². The minimum Gasteiger partial charge on any atom is -0.380 e. The molecule has 7 heteroatoms. The van der Waals surface area contributed by atoms with Crippen molar-refractivity contribution in [3.8, 4) is 0 Å². The number of aryl methyl sites for hydroxylation is 1. The lowest BCUT2D eigenvalue weighted by molar-refractivity contribution is -0.119. The highest BCUT2D eigenvalue weighted by Gasteiger charge is 2.15. The van der Waals surface area contributed by atoms with E-state index in [0.717, 1.165) is 42.7 Å². The standard InChI is InChI=1S/C28H30FN3OS2/c1-3-8-22(16-27(33)32-35-23-11-7-10-21(29)15-23)31-25-13-5-4-12-24(25)30-17-20-18-34-26-14-6-9-19(2)28(20)26/h4-7,9-15,18,22,30-31H,3,8,16-17H2,1-2H3,(H,32,33). The molecule has 0 aliphatic carbocycles. The highest BCUT2D eigenvalue weighted by atomic mass is 32.2. The monoisotopic (exact) mass is 507 g/mol. The number of para-hydroxylation sites is 2. The lowest BCUT2D eigenvalue weighted by Crippen LogP contribution is -2.28. The minimum atomic E-state index is -0.315. The molecule has 4 rings (SSSR count). The van der Waals surface area contributed by atoms with Crippen LogP contribution in [0.25, 0.3) is 10.1 Å². The zero-order valence-electron chi connectivity index (χ0n) is 19.9. The summed E-state index contributed by atoms with van der Waals surface area (Å²) >= 11 is 2.91. The number of thiophene rings is 1.